The molecule has 0 aromatic heterocycles. The van der Waals surface area contributed by atoms with Crippen LogP contribution in [0.4, 0.5) is 11.4 Å². The fraction of sp³-hybridized carbons (Fsp3) is 0.176. The maximum absolute atomic E-state index is 12.7. The minimum atomic E-state index is -3.90. The average Bonchev–Trinajstić information content (AvgIpc) is 2.68. The van der Waals surface area contributed by atoms with E-state index in [4.69, 9.17) is 0 Å². The molecule has 1 saturated heterocycles. The molecule has 1 heterocycles. The molecule has 1 aliphatic rings. The van der Waals surface area contributed by atoms with Gasteiger partial charge in [0.15, 0.2) is 0 Å². The lowest BCUT2D eigenvalue weighted by Crippen LogP contribution is -2.49. The van der Waals surface area contributed by atoms with E-state index in [-0.39, 0.29) is 47.4 Å². The molecule has 28 heavy (non-hydrogen) atoms. The van der Waals surface area contributed by atoms with Crippen LogP contribution in [0.25, 0.3) is 0 Å². The Hall–Kier alpha value is -3.31. The molecule has 10 nitrogen and oxygen atoms in total. The molecule has 146 valence electrons. The summed E-state index contributed by atoms with van der Waals surface area (Å²) in [7, 11) is -3.90. The first-order chi connectivity index (χ1) is 13.3. The van der Waals surface area contributed by atoms with Gasteiger partial charge in [0.2, 0.25) is 15.9 Å². The summed E-state index contributed by atoms with van der Waals surface area (Å²) < 4.78 is 26.5. The third-order valence-electron chi connectivity index (χ3n) is 4.05. The van der Waals surface area contributed by atoms with E-state index in [0.717, 1.165) is 10.4 Å². The molecule has 0 spiro atoms. The first kappa shape index (κ1) is 19.5. The van der Waals surface area contributed by atoms with Crippen molar-refractivity contribution in [2.75, 3.05) is 25.0 Å². The molecular weight excluding hydrogens is 388 g/mol. The normalized spacial score (nSPS) is 14.9. The van der Waals surface area contributed by atoms with Crippen molar-refractivity contribution in [3.8, 4) is 0 Å². The monoisotopic (exact) mass is 404 g/mol. The first-order valence-electron chi connectivity index (χ1n) is 8.20. The van der Waals surface area contributed by atoms with E-state index in [1.54, 1.807) is 0 Å². The summed E-state index contributed by atoms with van der Waals surface area (Å²) in [6.07, 6.45) is 0. The van der Waals surface area contributed by atoms with Crippen LogP contribution < -0.4 is 10.6 Å². The van der Waals surface area contributed by atoms with Crippen LogP contribution >= 0.6 is 0 Å². The first-order valence-corrected chi connectivity index (χ1v) is 9.64. The molecule has 1 fully saturated rings. The van der Waals surface area contributed by atoms with Crippen molar-refractivity contribution in [1.29, 1.82) is 0 Å². The number of rotatable bonds is 5. The van der Waals surface area contributed by atoms with Crippen molar-refractivity contribution in [1.82, 2.24) is 9.62 Å². The summed E-state index contributed by atoms with van der Waals surface area (Å²) in [5, 5.41) is 15.9. The van der Waals surface area contributed by atoms with E-state index in [1.807, 2.05) is 0 Å². The third-order valence-corrected chi connectivity index (χ3v) is 5.89. The fourth-order valence-electron chi connectivity index (χ4n) is 2.67. The number of anilines is 1. The number of amides is 2. The molecule has 1 aliphatic heterocycles. The number of sulfonamides is 1. The number of non-ortho nitro benzene ring substituents is 1. The van der Waals surface area contributed by atoms with Gasteiger partial charge in [0.1, 0.15) is 0 Å². The highest BCUT2D eigenvalue weighted by Crippen LogP contribution is 2.21. The number of nitro benzene ring substituents is 1. The zero-order valence-corrected chi connectivity index (χ0v) is 15.3. The minimum absolute atomic E-state index is 0.0650. The fourth-order valence-corrected chi connectivity index (χ4v) is 4.11. The largest absolute Gasteiger partial charge is 0.354 e. The lowest BCUT2D eigenvalue weighted by Gasteiger charge is -2.26. The Morgan fingerprint density at radius 2 is 1.93 bits per heavy atom. The van der Waals surface area contributed by atoms with E-state index in [2.05, 4.69) is 10.6 Å². The van der Waals surface area contributed by atoms with E-state index in [9.17, 15) is 28.1 Å². The van der Waals surface area contributed by atoms with Crippen LogP contribution in [0.3, 0.4) is 0 Å². The second kappa shape index (κ2) is 7.74. The van der Waals surface area contributed by atoms with Crippen molar-refractivity contribution >= 4 is 33.2 Å². The number of hydrogen-bond acceptors (Lipinski definition) is 6. The second-order valence-electron chi connectivity index (χ2n) is 5.98. The van der Waals surface area contributed by atoms with Gasteiger partial charge in [0.05, 0.1) is 16.4 Å². The number of nitrogens with one attached hydrogen (secondary N) is 2. The van der Waals surface area contributed by atoms with Crippen LogP contribution in [0.2, 0.25) is 0 Å². The predicted octanol–water partition coefficient (Wildman–Crippen LogP) is 0.968. The molecule has 2 amide bonds. The zero-order valence-electron chi connectivity index (χ0n) is 14.5. The third kappa shape index (κ3) is 4.15. The molecule has 11 heteroatoms. The van der Waals surface area contributed by atoms with Crippen molar-refractivity contribution < 1.29 is 22.9 Å². The molecule has 0 radical (unpaired) electrons. The topological polar surface area (TPSA) is 139 Å². The lowest BCUT2D eigenvalue weighted by atomic mass is 10.2. The van der Waals surface area contributed by atoms with Gasteiger partial charge in [-0.1, -0.05) is 12.1 Å². The number of benzene rings is 2. The smallest absolute Gasteiger partial charge is 0.270 e. The van der Waals surface area contributed by atoms with Gasteiger partial charge in [-0.05, 0) is 24.3 Å². The van der Waals surface area contributed by atoms with Gasteiger partial charge in [0.25, 0.3) is 11.6 Å². The highest BCUT2D eigenvalue weighted by molar-refractivity contribution is 7.89. The van der Waals surface area contributed by atoms with Crippen LogP contribution in [0.1, 0.15) is 10.4 Å². The Morgan fingerprint density at radius 3 is 2.64 bits per heavy atom. The Kier molecular flexibility index (Phi) is 5.38. The van der Waals surface area contributed by atoms with Crippen molar-refractivity contribution in [3.05, 3.63) is 64.2 Å². The van der Waals surface area contributed by atoms with Crippen LogP contribution in [0, 0.1) is 10.1 Å². The van der Waals surface area contributed by atoms with Crippen LogP contribution in [-0.2, 0) is 14.8 Å². The SMILES string of the molecule is O=C1CN(S(=O)(=O)c2cccc(NC(=O)c3cccc([N+](=O)[O-])c3)c2)CCN1. The molecular formula is C17H16N4O6S. The maximum Gasteiger partial charge on any atom is 0.270 e. The summed E-state index contributed by atoms with van der Waals surface area (Å²) in [6.45, 7) is 0.103. The van der Waals surface area contributed by atoms with Gasteiger partial charge in [-0.2, -0.15) is 4.31 Å². The molecule has 2 N–H and O–H groups in total. The van der Waals surface area contributed by atoms with Crippen LogP contribution in [-0.4, -0.2) is 49.1 Å². The Labute approximate surface area is 160 Å². The van der Waals surface area contributed by atoms with Gasteiger partial charge in [-0.25, -0.2) is 8.42 Å². The van der Waals surface area contributed by atoms with Crippen LogP contribution in [0.5, 0.6) is 0 Å². The Balaban J connectivity index is 1.81. The summed E-state index contributed by atoms with van der Waals surface area (Å²) in [6, 6.07) is 10.8. The summed E-state index contributed by atoms with van der Waals surface area (Å²) in [5.74, 6) is -0.999. The zero-order chi connectivity index (χ0) is 20.3. The summed E-state index contributed by atoms with van der Waals surface area (Å²) in [5.41, 5.74) is 0.0431. The maximum atomic E-state index is 12.7. The number of hydrogen-bond donors (Lipinski definition) is 2. The van der Waals surface area contributed by atoms with Gasteiger partial charge < -0.3 is 10.6 Å². The molecule has 2 aromatic rings. The second-order valence-corrected chi connectivity index (χ2v) is 7.92. The molecule has 0 bridgehead atoms. The minimum Gasteiger partial charge on any atom is -0.354 e. The number of nitro groups is 1. The number of piperazine rings is 1. The molecule has 0 unspecified atom stereocenters. The average molecular weight is 404 g/mol. The molecule has 0 aliphatic carbocycles. The number of carbonyl (C=O) groups excluding carboxylic acids is 2. The van der Waals surface area contributed by atoms with Crippen LogP contribution in [0.15, 0.2) is 53.4 Å². The molecule has 2 aromatic carbocycles. The highest BCUT2D eigenvalue weighted by atomic mass is 32.2. The highest BCUT2D eigenvalue weighted by Gasteiger charge is 2.29. The van der Waals surface area contributed by atoms with Gasteiger partial charge in [-0.15, -0.1) is 0 Å². The van der Waals surface area contributed by atoms with Gasteiger partial charge in [0, 0.05) is 36.5 Å². The van der Waals surface area contributed by atoms with Crippen molar-refractivity contribution in [2.24, 2.45) is 0 Å². The summed E-state index contributed by atoms with van der Waals surface area (Å²) in [4.78, 5) is 34.0. The molecule has 0 saturated carbocycles. The predicted molar refractivity (Wildman–Crippen MR) is 99.3 cm³/mol. The number of carbonyl (C=O) groups is 2. The van der Waals surface area contributed by atoms with E-state index in [1.165, 1.54) is 42.5 Å². The Morgan fingerprint density at radius 1 is 1.18 bits per heavy atom. The quantitative estimate of drug-likeness (QED) is 0.562. The van der Waals surface area contributed by atoms with Gasteiger partial charge >= 0.3 is 0 Å². The van der Waals surface area contributed by atoms with Crippen molar-refractivity contribution in [2.45, 2.75) is 4.90 Å². The van der Waals surface area contributed by atoms with E-state index < -0.39 is 20.9 Å². The standard InChI is InChI=1S/C17H16N4O6S/c22-16-11-20(8-7-18-16)28(26,27)15-6-2-4-13(10-15)19-17(23)12-3-1-5-14(9-12)21(24)25/h1-6,9-10H,7-8,11H2,(H,18,22)(H,19,23). The summed E-state index contributed by atoms with van der Waals surface area (Å²) >= 11 is 0. The number of nitrogens with zero attached hydrogens (tertiary/aromatic N) is 2. The lowest BCUT2D eigenvalue weighted by molar-refractivity contribution is -0.384. The van der Waals surface area contributed by atoms with Crippen molar-refractivity contribution in [3.63, 3.8) is 0 Å². The van der Waals surface area contributed by atoms with E-state index in [0.29, 0.717) is 0 Å². The molecule has 0 atom stereocenters. The van der Waals surface area contributed by atoms with Gasteiger partial charge in [-0.3, -0.25) is 19.7 Å². The van der Waals surface area contributed by atoms with E-state index >= 15 is 0 Å². The Bertz CT molecular complexity index is 1050. The molecule has 3 rings (SSSR count).